The molecule has 1 fully saturated rings. The second kappa shape index (κ2) is 10.0. The second-order valence-electron chi connectivity index (χ2n) is 6.32. The monoisotopic (exact) mass is 528 g/mol. The summed E-state index contributed by atoms with van der Waals surface area (Å²) in [5.41, 5.74) is 1.98. The zero-order chi connectivity index (χ0) is 21.8. The molecular weight excluding hydrogens is 511 g/mol. The smallest absolute Gasteiger partial charge is 0.276 e. The third-order valence-corrected chi connectivity index (χ3v) is 5.81. The van der Waals surface area contributed by atoms with Gasteiger partial charge in [-0.1, -0.05) is 29.3 Å². The summed E-state index contributed by atoms with van der Waals surface area (Å²) in [7, 11) is 0. The fraction of sp³-hybridized carbons (Fsp3) is 0.238. The van der Waals surface area contributed by atoms with Crippen LogP contribution < -0.4 is 14.8 Å². The summed E-state index contributed by atoms with van der Waals surface area (Å²) < 4.78 is 12.5. The molecule has 1 saturated heterocycles. The van der Waals surface area contributed by atoms with Crippen molar-refractivity contribution in [2.24, 2.45) is 0 Å². The molecule has 30 heavy (non-hydrogen) atoms. The number of carbonyl (C=O) groups is 1. The number of carbonyl (C=O) groups excluding carboxylic acids is 1. The van der Waals surface area contributed by atoms with Gasteiger partial charge in [-0.2, -0.15) is 0 Å². The van der Waals surface area contributed by atoms with Crippen LogP contribution in [-0.2, 0) is 11.4 Å². The Bertz CT molecular complexity index is 1030. The van der Waals surface area contributed by atoms with Gasteiger partial charge in [0.1, 0.15) is 12.3 Å². The molecule has 3 rings (SSSR count). The lowest BCUT2D eigenvalue weighted by Gasteiger charge is -2.15. The third kappa shape index (κ3) is 5.09. The van der Waals surface area contributed by atoms with Crippen molar-refractivity contribution >= 4 is 68.4 Å². The molecule has 0 saturated carbocycles. The van der Waals surface area contributed by atoms with Gasteiger partial charge in [0.05, 0.1) is 11.1 Å². The number of nitrogens with zero attached hydrogens (tertiary/aromatic N) is 1. The molecule has 0 aromatic heterocycles. The lowest BCUT2D eigenvalue weighted by molar-refractivity contribution is -0.122. The van der Waals surface area contributed by atoms with Crippen LogP contribution >= 0.6 is 51.3 Å². The lowest BCUT2D eigenvalue weighted by atomic mass is 10.1. The molecule has 1 aliphatic rings. The van der Waals surface area contributed by atoms with Crippen LogP contribution in [0, 0.1) is 0 Å². The van der Waals surface area contributed by atoms with Gasteiger partial charge < -0.3 is 14.8 Å². The Morgan fingerprint density at radius 3 is 2.60 bits per heavy atom. The Hall–Kier alpha value is -1.80. The number of benzene rings is 2. The number of ether oxygens (including phenoxy) is 2. The number of hydrogen-bond donors (Lipinski definition) is 1. The highest BCUT2D eigenvalue weighted by atomic mass is 79.9. The molecule has 0 radical (unpaired) electrons. The molecule has 1 N–H and O–H groups in total. The molecule has 0 spiro atoms. The molecule has 1 amide bonds. The quantitative estimate of drug-likeness (QED) is 0.362. The summed E-state index contributed by atoms with van der Waals surface area (Å²) in [5, 5.41) is 4.44. The molecule has 1 aliphatic heterocycles. The van der Waals surface area contributed by atoms with Crippen molar-refractivity contribution in [1.29, 1.82) is 0 Å². The van der Waals surface area contributed by atoms with Gasteiger partial charge in [-0.05, 0) is 77.9 Å². The van der Waals surface area contributed by atoms with Crippen molar-refractivity contribution in [3.8, 4) is 11.5 Å². The largest absolute Gasteiger partial charge is 0.490 e. The lowest BCUT2D eigenvalue weighted by Crippen LogP contribution is -2.30. The maximum atomic E-state index is 12.4. The van der Waals surface area contributed by atoms with Gasteiger partial charge in [0, 0.05) is 22.2 Å². The van der Waals surface area contributed by atoms with Gasteiger partial charge in [-0.25, -0.2) is 0 Å². The summed E-state index contributed by atoms with van der Waals surface area (Å²) in [6.07, 6.45) is 1.73. The number of nitrogens with one attached hydrogen (secondary N) is 1. The van der Waals surface area contributed by atoms with E-state index in [9.17, 15) is 4.79 Å². The van der Waals surface area contributed by atoms with E-state index in [1.807, 2.05) is 32.0 Å². The first-order valence-electron chi connectivity index (χ1n) is 9.21. The Balaban J connectivity index is 1.88. The molecule has 0 unspecified atom stereocenters. The molecule has 0 bridgehead atoms. The van der Waals surface area contributed by atoms with Crippen molar-refractivity contribution < 1.29 is 14.3 Å². The van der Waals surface area contributed by atoms with Gasteiger partial charge in [0.2, 0.25) is 0 Å². The topological polar surface area (TPSA) is 50.8 Å². The van der Waals surface area contributed by atoms with E-state index < -0.39 is 0 Å². The number of likely N-dealkylation sites (N-methyl/N-ethyl adjacent to an activating group) is 1. The highest BCUT2D eigenvalue weighted by Gasteiger charge is 2.29. The molecule has 0 aliphatic carbocycles. The predicted octanol–water partition coefficient (Wildman–Crippen LogP) is 5.81. The molecular formula is C21H19BrCl2N2O3S. The Labute approximate surface area is 199 Å². The van der Waals surface area contributed by atoms with E-state index in [0.717, 1.165) is 11.1 Å². The van der Waals surface area contributed by atoms with Gasteiger partial charge in [-0.3, -0.25) is 9.69 Å². The second-order valence-corrected chi connectivity index (χ2v) is 8.41. The summed E-state index contributed by atoms with van der Waals surface area (Å²) in [6.45, 7) is 4.97. The number of halogens is 3. The molecule has 0 atom stereocenters. The van der Waals surface area contributed by atoms with Crippen LogP contribution in [0.5, 0.6) is 11.5 Å². The summed E-state index contributed by atoms with van der Waals surface area (Å²) >= 11 is 20.9. The van der Waals surface area contributed by atoms with Gasteiger partial charge in [-0.15, -0.1) is 0 Å². The van der Waals surface area contributed by atoms with E-state index in [1.165, 1.54) is 4.90 Å². The number of amides is 1. The van der Waals surface area contributed by atoms with Crippen LogP contribution in [-0.4, -0.2) is 29.1 Å². The van der Waals surface area contributed by atoms with Gasteiger partial charge >= 0.3 is 0 Å². The van der Waals surface area contributed by atoms with Crippen LogP contribution in [0.1, 0.15) is 25.0 Å². The molecule has 2 aromatic rings. The average Bonchev–Trinajstić information content (AvgIpc) is 2.95. The fourth-order valence-electron chi connectivity index (χ4n) is 2.89. The minimum absolute atomic E-state index is 0.158. The van der Waals surface area contributed by atoms with E-state index in [-0.39, 0.29) is 12.5 Å². The van der Waals surface area contributed by atoms with E-state index >= 15 is 0 Å². The van der Waals surface area contributed by atoms with Crippen LogP contribution in [0.3, 0.4) is 0 Å². The molecule has 9 heteroatoms. The standard InChI is InChI=1S/C21H19BrCl2N2O3S/c1-3-26-20(27)17(25-21(26)30)8-12-7-15(22)19(18(9-12)28-4-2)29-11-13-5-6-14(23)10-16(13)24/h5-10H,3-4,11H2,1-2H3,(H,25,30)/b17-8-. The highest BCUT2D eigenvalue weighted by molar-refractivity contribution is 9.10. The van der Waals surface area contributed by atoms with Crippen molar-refractivity contribution in [1.82, 2.24) is 10.2 Å². The first-order valence-corrected chi connectivity index (χ1v) is 11.2. The SMILES string of the molecule is CCOc1cc(/C=C2\NC(=S)N(CC)C2=O)cc(Br)c1OCc1ccc(Cl)cc1Cl. The number of hydrogen-bond acceptors (Lipinski definition) is 4. The number of thiocarbonyl (C=S) groups is 1. The number of rotatable bonds is 7. The van der Waals surface area contributed by atoms with Crippen LogP contribution in [0.25, 0.3) is 6.08 Å². The van der Waals surface area contributed by atoms with Crippen molar-refractivity contribution in [3.05, 3.63) is 61.7 Å². The van der Waals surface area contributed by atoms with E-state index in [4.69, 9.17) is 44.9 Å². The minimum Gasteiger partial charge on any atom is -0.490 e. The Morgan fingerprint density at radius 1 is 1.20 bits per heavy atom. The van der Waals surface area contributed by atoms with Gasteiger partial charge in [0.25, 0.3) is 5.91 Å². The minimum atomic E-state index is -0.158. The van der Waals surface area contributed by atoms with E-state index in [1.54, 1.807) is 18.2 Å². The summed E-state index contributed by atoms with van der Waals surface area (Å²) in [6, 6.07) is 8.91. The molecule has 1 heterocycles. The molecule has 5 nitrogen and oxygen atoms in total. The van der Waals surface area contributed by atoms with Crippen molar-refractivity contribution in [2.75, 3.05) is 13.2 Å². The summed E-state index contributed by atoms with van der Waals surface area (Å²) in [4.78, 5) is 14.0. The maximum Gasteiger partial charge on any atom is 0.276 e. The van der Waals surface area contributed by atoms with Crippen LogP contribution in [0.2, 0.25) is 10.0 Å². The van der Waals surface area contributed by atoms with Crippen molar-refractivity contribution in [3.63, 3.8) is 0 Å². The zero-order valence-electron chi connectivity index (χ0n) is 16.3. The highest BCUT2D eigenvalue weighted by Crippen LogP contribution is 2.38. The Morgan fingerprint density at radius 2 is 1.97 bits per heavy atom. The van der Waals surface area contributed by atoms with E-state index in [0.29, 0.717) is 50.0 Å². The van der Waals surface area contributed by atoms with Crippen molar-refractivity contribution in [2.45, 2.75) is 20.5 Å². The molecule has 158 valence electrons. The first-order chi connectivity index (χ1) is 14.3. The maximum absolute atomic E-state index is 12.4. The van der Waals surface area contributed by atoms with Crippen LogP contribution in [0.15, 0.2) is 40.5 Å². The first kappa shape index (κ1) is 22.9. The fourth-order valence-corrected chi connectivity index (χ4v) is 4.25. The third-order valence-electron chi connectivity index (χ3n) is 4.31. The average molecular weight is 530 g/mol. The zero-order valence-corrected chi connectivity index (χ0v) is 20.2. The predicted molar refractivity (Wildman–Crippen MR) is 127 cm³/mol. The molecule has 2 aromatic carbocycles. The normalized spacial score (nSPS) is 15.0. The van der Waals surface area contributed by atoms with Gasteiger partial charge in [0.15, 0.2) is 16.6 Å². The van der Waals surface area contributed by atoms with E-state index in [2.05, 4.69) is 21.2 Å². The summed E-state index contributed by atoms with van der Waals surface area (Å²) in [5.74, 6) is 0.930. The Kier molecular flexibility index (Phi) is 7.63. The van der Waals surface area contributed by atoms with Crippen LogP contribution in [0.4, 0.5) is 0 Å².